The maximum Gasteiger partial charge on any atom is 0.326 e. The van der Waals surface area contributed by atoms with Crippen LogP contribution in [0.1, 0.15) is 31.4 Å². The number of imidazole rings is 1. The molecule has 4 atom stereocenters. The molecule has 3 amide bonds. The number of likely N-dealkylation sites (tertiary alicyclic amines) is 1. The average molecular weight is 496 g/mol. The number of hydrogen-bond acceptors (Lipinski definition) is 8. The molecule has 0 bridgehead atoms. The molecule has 15 heteroatoms. The molecular weight excluding hydrogens is 462 g/mol. The van der Waals surface area contributed by atoms with E-state index in [1.165, 1.54) is 12.5 Å². The molecule has 11 N–H and O–H groups in total. The van der Waals surface area contributed by atoms with Gasteiger partial charge in [-0.15, -0.1) is 0 Å². The fourth-order valence-electron chi connectivity index (χ4n) is 3.70. The van der Waals surface area contributed by atoms with E-state index < -0.39 is 54.5 Å². The van der Waals surface area contributed by atoms with Crippen LogP contribution in [0.2, 0.25) is 0 Å². The van der Waals surface area contributed by atoms with Gasteiger partial charge in [-0.1, -0.05) is 0 Å². The van der Waals surface area contributed by atoms with Gasteiger partial charge in [-0.2, -0.15) is 0 Å². The Labute approximate surface area is 201 Å². The van der Waals surface area contributed by atoms with Crippen LogP contribution in [0, 0.1) is 0 Å². The van der Waals surface area contributed by atoms with E-state index in [1.54, 1.807) is 0 Å². The summed E-state index contributed by atoms with van der Waals surface area (Å²) in [5.41, 5.74) is 17.0. The molecule has 1 saturated heterocycles. The van der Waals surface area contributed by atoms with Crippen molar-refractivity contribution >= 4 is 29.7 Å². The molecule has 0 saturated carbocycles. The second kappa shape index (κ2) is 13.2. The Hall–Kier alpha value is -3.72. The maximum atomic E-state index is 13.0. The summed E-state index contributed by atoms with van der Waals surface area (Å²) < 4.78 is 0. The van der Waals surface area contributed by atoms with Crippen molar-refractivity contribution in [2.75, 3.05) is 19.7 Å². The highest BCUT2D eigenvalue weighted by Crippen LogP contribution is 2.18. The van der Waals surface area contributed by atoms with Crippen LogP contribution in [0.25, 0.3) is 0 Å². The Kier molecular flexibility index (Phi) is 10.4. The van der Waals surface area contributed by atoms with Gasteiger partial charge in [-0.05, 0) is 25.7 Å². The number of aromatic amines is 1. The van der Waals surface area contributed by atoms with Gasteiger partial charge in [0.25, 0.3) is 0 Å². The van der Waals surface area contributed by atoms with E-state index in [0.717, 1.165) is 4.90 Å². The molecule has 0 spiro atoms. The van der Waals surface area contributed by atoms with Crippen LogP contribution in [0.4, 0.5) is 0 Å². The van der Waals surface area contributed by atoms with Crippen molar-refractivity contribution in [2.24, 2.45) is 22.2 Å². The van der Waals surface area contributed by atoms with Crippen molar-refractivity contribution in [2.45, 2.75) is 56.3 Å². The second-order valence-electron chi connectivity index (χ2n) is 8.17. The number of nitrogens with one attached hydrogen (secondary N) is 3. The summed E-state index contributed by atoms with van der Waals surface area (Å²) in [6.45, 7) is -0.261. The summed E-state index contributed by atoms with van der Waals surface area (Å²) in [5, 5.41) is 24.0. The fraction of sp³-hybridized carbons (Fsp3) is 0.600. The van der Waals surface area contributed by atoms with E-state index in [9.17, 15) is 29.4 Å². The zero-order chi connectivity index (χ0) is 26.0. The van der Waals surface area contributed by atoms with Gasteiger partial charge in [0.1, 0.15) is 18.1 Å². The van der Waals surface area contributed by atoms with Crippen molar-refractivity contribution in [3.63, 3.8) is 0 Å². The number of hydrogen-bond donors (Lipinski definition) is 8. The number of nitrogens with two attached hydrogens (primary N) is 3. The fourth-order valence-corrected chi connectivity index (χ4v) is 3.70. The Morgan fingerprint density at radius 2 is 1.94 bits per heavy atom. The number of amides is 3. The van der Waals surface area contributed by atoms with Crippen molar-refractivity contribution in [3.8, 4) is 0 Å². The number of rotatable bonds is 13. The number of aliphatic imine (C=N–C) groups is 1. The molecule has 1 aliphatic rings. The lowest BCUT2D eigenvalue weighted by Crippen LogP contribution is -2.58. The maximum absolute atomic E-state index is 13.0. The summed E-state index contributed by atoms with van der Waals surface area (Å²) in [4.78, 5) is 61.5. The first-order valence-electron chi connectivity index (χ1n) is 11.2. The van der Waals surface area contributed by atoms with Crippen LogP contribution in [0.15, 0.2) is 17.5 Å². The van der Waals surface area contributed by atoms with E-state index in [4.69, 9.17) is 17.2 Å². The normalized spacial score (nSPS) is 17.8. The Morgan fingerprint density at radius 3 is 2.54 bits per heavy atom. The first kappa shape index (κ1) is 27.5. The molecular formula is C20H33N9O6. The third-order valence-electron chi connectivity index (χ3n) is 5.53. The van der Waals surface area contributed by atoms with Crippen LogP contribution >= 0.6 is 0 Å². The third kappa shape index (κ3) is 8.22. The van der Waals surface area contributed by atoms with Crippen molar-refractivity contribution < 1.29 is 29.4 Å². The summed E-state index contributed by atoms with van der Waals surface area (Å²) >= 11 is 0. The molecule has 194 valence electrons. The van der Waals surface area contributed by atoms with Gasteiger partial charge in [-0.25, -0.2) is 9.78 Å². The smallest absolute Gasteiger partial charge is 0.326 e. The summed E-state index contributed by atoms with van der Waals surface area (Å²) in [7, 11) is 0. The molecule has 0 aromatic carbocycles. The number of carbonyl (C=O) groups excluding carboxylic acids is 3. The summed E-state index contributed by atoms with van der Waals surface area (Å²) in [5.74, 6) is -3.30. The van der Waals surface area contributed by atoms with Crippen LogP contribution < -0.4 is 27.8 Å². The largest absolute Gasteiger partial charge is 0.480 e. The number of carboxylic acids is 1. The lowest BCUT2D eigenvalue weighted by Gasteiger charge is -2.28. The number of carboxylic acid groups (broad SMARTS) is 1. The molecule has 1 aromatic rings. The van der Waals surface area contributed by atoms with E-state index in [2.05, 4.69) is 25.6 Å². The zero-order valence-electron chi connectivity index (χ0n) is 19.2. The molecule has 1 fully saturated rings. The standard InChI is InChI=1S/C20H33N9O6/c21-12(3-1-5-25-20(22)23)16(31)27-13(7-11-8-24-10-26-11)17(32)28-14(9-30)18(33)29-6-2-4-15(29)19(34)35/h8,10,12-15,30H,1-7,9,21H2,(H,24,26)(H,27,31)(H,28,32)(H,34,35)(H4,22,23,25). The van der Waals surface area contributed by atoms with Gasteiger partial charge in [0.15, 0.2) is 5.96 Å². The first-order valence-corrected chi connectivity index (χ1v) is 11.2. The summed E-state index contributed by atoms with van der Waals surface area (Å²) in [6.07, 6.45) is 4.35. The lowest BCUT2D eigenvalue weighted by molar-refractivity contribution is -0.150. The number of guanidine groups is 1. The molecule has 1 aliphatic heterocycles. The van der Waals surface area contributed by atoms with Crippen LogP contribution in [0.5, 0.6) is 0 Å². The van der Waals surface area contributed by atoms with Gasteiger partial charge in [0, 0.05) is 31.4 Å². The highest BCUT2D eigenvalue weighted by atomic mass is 16.4. The van der Waals surface area contributed by atoms with Crippen LogP contribution in [0.3, 0.4) is 0 Å². The number of aliphatic carboxylic acids is 1. The number of carbonyl (C=O) groups is 4. The molecule has 4 unspecified atom stereocenters. The molecule has 2 heterocycles. The number of aliphatic hydroxyl groups is 1. The molecule has 0 aliphatic carbocycles. The van der Waals surface area contributed by atoms with E-state index in [1.807, 2.05) is 0 Å². The van der Waals surface area contributed by atoms with Crippen LogP contribution in [-0.4, -0.2) is 98.6 Å². The minimum absolute atomic E-state index is 0.00605. The molecule has 1 aromatic heterocycles. The zero-order valence-corrected chi connectivity index (χ0v) is 19.2. The quantitative estimate of drug-likeness (QED) is 0.0756. The highest BCUT2D eigenvalue weighted by Gasteiger charge is 2.38. The second-order valence-corrected chi connectivity index (χ2v) is 8.17. The van der Waals surface area contributed by atoms with Crippen molar-refractivity contribution in [1.82, 2.24) is 25.5 Å². The van der Waals surface area contributed by atoms with Crippen LogP contribution in [-0.2, 0) is 25.6 Å². The topological polar surface area (TPSA) is 255 Å². The van der Waals surface area contributed by atoms with E-state index in [-0.39, 0.29) is 38.3 Å². The van der Waals surface area contributed by atoms with Gasteiger partial charge in [0.2, 0.25) is 17.7 Å². The Bertz CT molecular complexity index is 903. The summed E-state index contributed by atoms with van der Waals surface area (Å²) in [6, 6.07) is -4.50. The predicted octanol–water partition coefficient (Wildman–Crippen LogP) is -3.63. The first-order chi connectivity index (χ1) is 16.6. The lowest BCUT2D eigenvalue weighted by atomic mass is 10.1. The molecule has 2 rings (SSSR count). The number of nitrogens with zero attached hydrogens (tertiary/aromatic N) is 3. The third-order valence-corrected chi connectivity index (χ3v) is 5.53. The van der Waals surface area contributed by atoms with Gasteiger partial charge in [-0.3, -0.25) is 19.4 Å². The van der Waals surface area contributed by atoms with Crippen molar-refractivity contribution in [1.29, 1.82) is 0 Å². The van der Waals surface area contributed by atoms with Gasteiger partial charge < -0.3 is 47.9 Å². The minimum atomic E-state index is -1.38. The highest BCUT2D eigenvalue weighted by molar-refractivity contribution is 5.94. The SMILES string of the molecule is NC(N)=NCCCC(N)C(=O)NC(Cc1cnc[nH]1)C(=O)NC(CO)C(=O)N1CCCC1C(=O)O. The van der Waals surface area contributed by atoms with Gasteiger partial charge >= 0.3 is 5.97 Å². The minimum Gasteiger partial charge on any atom is -0.480 e. The Morgan fingerprint density at radius 1 is 1.23 bits per heavy atom. The van der Waals surface area contributed by atoms with Gasteiger partial charge in [0.05, 0.1) is 19.0 Å². The molecule has 35 heavy (non-hydrogen) atoms. The molecule has 0 radical (unpaired) electrons. The van der Waals surface area contributed by atoms with E-state index in [0.29, 0.717) is 18.5 Å². The van der Waals surface area contributed by atoms with E-state index >= 15 is 0 Å². The van der Waals surface area contributed by atoms with Crippen molar-refractivity contribution in [3.05, 3.63) is 18.2 Å². The molecule has 15 nitrogen and oxygen atoms in total. The monoisotopic (exact) mass is 495 g/mol. The predicted molar refractivity (Wildman–Crippen MR) is 123 cm³/mol. The number of aromatic nitrogens is 2. The average Bonchev–Trinajstić information content (AvgIpc) is 3.51. The number of aliphatic hydroxyl groups excluding tert-OH is 1. The number of H-pyrrole nitrogens is 1. The Balaban J connectivity index is 2.06.